The minimum atomic E-state index is -1.05. The molecule has 1 aromatic carbocycles. The lowest BCUT2D eigenvalue weighted by atomic mass is 10.1. The number of hydrogen-bond acceptors (Lipinski definition) is 8. The van der Waals surface area contributed by atoms with Gasteiger partial charge in [-0.1, -0.05) is 19.9 Å². The van der Waals surface area contributed by atoms with Crippen LogP contribution in [0.2, 0.25) is 0 Å². The largest absolute Gasteiger partial charge is 0.490 e. The summed E-state index contributed by atoms with van der Waals surface area (Å²) in [7, 11) is 1.93. The number of hydrogen-bond donors (Lipinski definition) is 3. The Morgan fingerprint density at radius 3 is 2.67 bits per heavy atom. The quantitative estimate of drug-likeness (QED) is 0.223. The lowest BCUT2D eigenvalue weighted by molar-refractivity contribution is -0.137. The maximum atomic E-state index is 13.4. The average molecular weight is 596 g/mol. The van der Waals surface area contributed by atoms with Crippen LogP contribution in [0.15, 0.2) is 53.5 Å². The number of carbonyl (C=O) groups excluding carboxylic acids is 4. The van der Waals surface area contributed by atoms with Crippen LogP contribution < -0.4 is 31.1 Å². The summed E-state index contributed by atoms with van der Waals surface area (Å²) in [6.45, 7) is 7.55. The molecule has 0 bridgehead atoms. The molecule has 0 spiro atoms. The molecule has 3 amide bonds. The van der Waals surface area contributed by atoms with E-state index in [1.54, 1.807) is 37.3 Å². The third-order valence-electron chi connectivity index (χ3n) is 6.74. The fourth-order valence-corrected chi connectivity index (χ4v) is 4.33. The summed E-state index contributed by atoms with van der Waals surface area (Å²) in [6, 6.07) is 7.00. The van der Waals surface area contributed by atoms with Gasteiger partial charge in [0.2, 0.25) is 11.8 Å². The first-order chi connectivity index (χ1) is 20.6. The number of benzene rings is 1. The Hall–Kier alpha value is -4.61. The monoisotopic (exact) mass is 595 g/mol. The summed E-state index contributed by atoms with van der Waals surface area (Å²) in [6.07, 6.45) is 5.51. The minimum absolute atomic E-state index is 0.0333. The average Bonchev–Trinajstić information content (AvgIpc) is 2.96. The number of ether oxygens (including phenoxy) is 2. The summed E-state index contributed by atoms with van der Waals surface area (Å²) < 4.78 is 11.8. The molecular formula is C31H41N5O7. The maximum absolute atomic E-state index is 13.4. The number of rotatable bonds is 14. The summed E-state index contributed by atoms with van der Waals surface area (Å²) in [5, 5.41) is 8.13. The van der Waals surface area contributed by atoms with Crippen molar-refractivity contribution in [2.24, 2.45) is 5.92 Å². The van der Waals surface area contributed by atoms with Gasteiger partial charge in [0.1, 0.15) is 30.6 Å². The van der Waals surface area contributed by atoms with E-state index >= 15 is 0 Å². The van der Waals surface area contributed by atoms with E-state index in [1.807, 2.05) is 11.9 Å². The van der Waals surface area contributed by atoms with Gasteiger partial charge in [0.05, 0.1) is 18.8 Å². The number of fused-ring (bicyclic) bond motifs is 1. The number of esters is 1. The van der Waals surface area contributed by atoms with E-state index < -0.39 is 29.4 Å². The van der Waals surface area contributed by atoms with Crippen molar-refractivity contribution in [2.75, 3.05) is 43.6 Å². The predicted octanol–water partition coefficient (Wildman–Crippen LogP) is 2.48. The van der Waals surface area contributed by atoms with Crippen LogP contribution in [0.1, 0.15) is 50.4 Å². The minimum Gasteiger partial charge on any atom is -0.490 e. The van der Waals surface area contributed by atoms with Gasteiger partial charge in [-0.05, 0) is 62.4 Å². The summed E-state index contributed by atoms with van der Waals surface area (Å²) in [5.41, 5.74) is 0.571. The number of amides is 3. The molecule has 0 saturated carbocycles. The van der Waals surface area contributed by atoms with Crippen molar-refractivity contribution in [3.63, 3.8) is 0 Å². The number of nitrogens with one attached hydrogen (secondary N) is 3. The number of likely N-dealkylation sites (N-methyl/N-ethyl adjacent to an activating group) is 1. The number of nitrogens with zero attached hydrogens (tertiary/aromatic N) is 2. The Balaban J connectivity index is 1.74. The Kier molecular flexibility index (Phi) is 12.3. The van der Waals surface area contributed by atoms with E-state index in [1.165, 1.54) is 22.9 Å². The van der Waals surface area contributed by atoms with Gasteiger partial charge in [-0.2, -0.15) is 0 Å². The van der Waals surface area contributed by atoms with Crippen LogP contribution in [-0.4, -0.2) is 67.7 Å². The molecule has 3 N–H and O–H groups in total. The van der Waals surface area contributed by atoms with Crippen molar-refractivity contribution in [3.8, 4) is 5.75 Å². The lowest BCUT2D eigenvalue weighted by Gasteiger charge is -2.28. The Bertz CT molecular complexity index is 1380. The fraction of sp³-hybridized carbons (Fsp3) is 0.452. The Labute approximate surface area is 251 Å². The maximum Gasteiger partial charge on any atom is 0.330 e. The topological polar surface area (TPSA) is 148 Å². The molecule has 43 heavy (non-hydrogen) atoms. The van der Waals surface area contributed by atoms with Crippen LogP contribution in [0.5, 0.6) is 5.75 Å². The molecule has 0 unspecified atom stereocenters. The van der Waals surface area contributed by atoms with Crippen molar-refractivity contribution in [1.82, 2.24) is 15.2 Å². The molecule has 0 aliphatic carbocycles. The highest BCUT2D eigenvalue weighted by Gasteiger charge is 2.24. The van der Waals surface area contributed by atoms with E-state index in [0.29, 0.717) is 30.4 Å². The van der Waals surface area contributed by atoms with Crippen LogP contribution in [-0.2, 0) is 25.7 Å². The van der Waals surface area contributed by atoms with Crippen LogP contribution in [0.25, 0.3) is 0 Å². The van der Waals surface area contributed by atoms with E-state index in [-0.39, 0.29) is 37.6 Å². The van der Waals surface area contributed by atoms with Crippen LogP contribution in [0.3, 0.4) is 0 Å². The van der Waals surface area contributed by atoms with Crippen molar-refractivity contribution >= 4 is 35.1 Å². The first-order valence-corrected chi connectivity index (χ1v) is 14.5. The number of allylic oxidation sites excluding steroid dienone is 1. The zero-order chi connectivity index (χ0) is 31.4. The standard InChI is InChI=1S/C31H41N5O7/c1-5-42-28(38)11-7-6-9-23(33-29(39)22-12-13-25-26(19-22)43-18-17-35(25)4)30(40)34-24-10-8-16-36(31(24)41)20-27(37)32-15-14-21(2)3/h7-8,10-13,16,19,21,23H,5-6,9,14-15,17-18,20H2,1-4H3,(H,32,37)(H,33,39)(H,34,40)/b11-7+/t23-/m0/s1. The molecule has 1 aliphatic rings. The van der Waals surface area contributed by atoms with Gasteiger partial charge in [-0.15, -0.1) is 0 Å². The highest BCUT2D eigenvalue weighted by atomic mass is 16.5. The number of anilines is 2. The molecule has 0 radical (unpaired) electrons. The molecule has 0 saturated heterocycles. The van der Waals surface area contributed by atoms with Crippen LogP contribution in [0.4, 0.5) is 11.4 Å². The third-order valence-corrected chi connectivity index (χ3v) is 6.74. The summed E-state index contributed by atoms with van der Waals surface area (Å²) in [5.74, 6) is -0.953. The summed E-state index contributed by atoms with van der Waals surface area (Å²) >= 11 is 0. The fourth-order valence-electron chi connectivity index (χ4n) is 4.33. The molecule has 0 fully saturated rings. The van der Waals surface area contributed by atoms with Gasteiger partial charge in [0.15, 0.2) is 0 Å². The SMILES string of the molecule is CCOC(=O)/C=C/CC[C@H](NC(=O)c1ccc2c(c1)OCCN2C)C(=O)Nc1cccn(CC(=O)NCCC(C)C)c1=O. The Morgan fingerprint density at radius 1 is 1.14 bits per heavy atom. The molecule has 12 nitrogen and oxygen atoms in total. The zero-order valence-corrected chi connectivity index (χ0v) is 25.2. The zero-order valence-electron chi connectivity index (χ0n) is 25.2. The van der Waals surface area contributed by atoms with Crippen molar-refractivity contribution in [3.05, 3.63) is 64.6 Å². The van der Waals surface area contributed by atoms with Crippen molar-refractivity contribution in [2.45, 2.75) is 52.6 Å². The van der Waals surface area contributed by atoms with E-state index in [0.717, 1.165) is 18.7 Å². The van der Waals surface area contributed by atoms with E-state index in [9.17, 15) is 24.0 Å². The molecule has 12 heteroatoms. The molecule has 1 aliphatic heterocycles. The molecule has 3 rings (SSSR count). The van der Waals surface area contributed by atoms with Crippen molar-refractivity contribution < 1.29 is 28.7 Å². The number of pyridine rings is 1. The first-order valence-electron chi connectivity index (χ1n) is 14.5. The van der Waals surface area contributed by atoms with Gasteiger partial charge in [-0.25, -0.2) is 4.79 Å². The molecule has 2 aromatic rings. The lowest BCUT2D eigenvalue weighted by Crippen LogP contribution is -2.44. The first kappa shape index (κ1) is 32.9. The van der Waals surface area contributed by atoms with Crippen LogP contribution in [0, 0.1) is 5.92 Å². The van der Waals surface area contributed by atoms with Crippen molar-refractivity contribution in [1.29, 1.82) is 0 Å². The predicted molar refractivity (Wildman–Crippen MR) is 163 cm³/mol. The highest BCUT2D eigenvalue weighted by molar-refractivity contribution is 6.01. The molecule has 1 aromatic heterocycles. The number of aromatic nitrogens is 1. The number of carbonyl (C=O) groups is 4. The van der Waals surface area contributed by atoms with Crippen LogP contribution >= 0.6 is 0 Å². The second kappa shape index (κ2) is 16.1. The van der Waals surface area contributed by atoms with E-state index in [2.05, 4.69) is 29.8 Å². The van der Waals surface area contributed by atoms with Gasteiger partial charge in [0.25, 0.3) is 11.5 Å². The van der Waals surface area contributed by atoms with E-state index in [4.69, 9.17) is 9.47 Å². The van der Waals surface area contributed by atoms with Gasteiger partial charge < -0.3 is 34.9 Å². The second-order valence-electron chi connectivity index (χ2n) is 10.6. The highest BCUT2D eigenvalue weighted by Crippen LogP contribution is 2.31. The normalized spacial score (nSPS) is 13.2. The van der Waals surface area contributed by atoms with Gasteiger partial charge >= 0.3 is 5.97 Å². The molecule has 1 atom stereocenters. The summed E-state index contributed by atoms with van der Waals surface area (Å²) in [4.78, 5) is 65.7. The molecular weight excluding hydrogens is 554 g/mol. The molecule has 232 valence electrons. The van der Waals surface area contributed by atoms with Gasteiger partial charge in [0, 0.05) is 31.4 Å². The second-order valence-corrected chi connectivity index (χ2v) is 10.6. The third kappa shape index (κ3) is 10.0. The molecule has 2 heterocycles. The van der Waals surface area contributed by atoms with Gasteiger partial charge in [-0.3, -0.25) is 19.2 Å². The smallest absolute Gasteiger partial charge is 0.330 e. The Morgan fingerprint density at radius 2 is 1.93 bits per heavy atom.